The van der Waals surface area contributed by atoms with Crippen LogP contribution in [0.4, 0.5) is 0 Å². The first-order valence-corrected chi connectivity index (χ1v) is 4.61. The van der Waals surface area contributed by atoms with E-state index in [1.54, 1.807) is 0 Å². The van der Waals surface area contributed by atoms with Crippen LogP contribution >= 0.6 is 16.5 Å². The second-order valence-corrected chi connectivity index (χ2v) is 2.82. The molecule has 0 aliphatic heterocycles. The smallest absolute Gasteiger partial charge is 0.316 e. The monoisotopic (exact) mass is 210 g/mol. The first-order chi connectivity index (χ1) is 4.54. The molecule has 0 aromatic rings. The van der Waals surface area contributed by atoms with E-state index in [0.29, 0.717) is 0 Å². The Morgan fingerprint density at radius 1 is 1.00 bits per heavy atom. The van der Waals surface area contributed by atoms with Crippen molar-refractivity contribution in [2.24, 2.45) is 0 Å². The molecule has 0 heterocycles. The Kier molecular flexibility index (Phi) is 20.4. The van der Waals surface area contributed by atoms with Crippen molar-refractivity contribution >= 4 is 16.5 Å². The van der Waals surface area contributed by atoms with Gasteiger partial charge in [0.2, 0.25) is 0 Å². The number of hydrogen-bond acceptors (Lipinski definition) is 4. The summed E-state index contributed by atoms with van der Waals surface area (Å²) < 4.78 is 26.4. The zero-order valence-electron chi connectivity index (χ0n) is 6.03. The lowest BCUT2D eigenvalue weighted by Gasteiger charge is -1.78. The third kappa shape index (κ3) is 38.6. The average Bonchev–Trinajstić information content (AvgIpc) is 1.89. The Morgan fingerprint density at radius 3 is 1.09 bits per heavy atom. The average molecular weight is 210 g/mol. The topological polar surface area (TPSA) is 125 Å². The molecule has 2 atom stereocenters. The minimum atomic E-state index is -2.62. The summed E-state index contributed by atoms with van der Waals surface area (Å²) in [6.07, 6.45) is 0. The molecule has 0 aliphatic carbocycles. The summed E-state index contributed by atoms with van der Waals surface area (Å²) in [5.41, 5.74) is 0. The van der Waals surface area contributed by atoms with E-state index in [-0.39, 0.29) is 5.48 Å². The molecule has 7 nitrogen and oxygen atoms in total. The van der Waals surface area contributed by atoms with Gasteiger partial charge in [-0.2, -0.15) is 0 Å². The van der Waals surface area contributed by atoms with E-state index in [1.807, 2.05) is 0 Å². The Hall–Kier alpha value is 0.260. The van der Waals surface area contributed by atoms with E-state index in [1.165, 1.54) is 14.2 Å². The normalized spacial score (nSPS) is 13.5. The lowest BCUT2D eigenvalue weighted by atomic mass is 11.8. The molecule has 0 rings (SSSR count). The van der Waals surface area contributed by atoms with E-state index in [0.717, 1.165) is 0 Å². The summed E-state index contributed by atoms with van der Waals surface area (Å²) in [5, 5.41) is 0. The lowest BCUT2D eigenvalue weighted by Crippen LogP contribution is -1.57. The van der Waals surface area contributed by atoms with Crippen LogP contribution in [0, 0.1) is 0 Å². The number of hydrogen-bond donors (Lipinski definition) is 2. The zero-order valence-corrected chi connectivity index (χ0v) is 8.03. The molecule has 0 saturated carbocycles. The number of rotatable bonds is 2. The van der Waals surface area contributed by atoms with Crippen LogP contribution in [0.5, 0.6) is 0 Å². The van der Waals surface area contributed by atoms with E-state index in [2.05, 4.69) is 9.05 Å². The summed E-state index contributed by atoms with van der Waals surface area (Å²) in [4.78, 5) is 15.4. The first kappa shape index (κ1) is 17.4. The van der Waals surface area contributed by atoms with Crippen LogP contribution in [0.2, 0.25) is 0 Å². The maximum absolute atomic E-state index is 9.33. The fourth-order valence-corrected chi connectivity index (χ4v) is 0. The Labute approximate surface area is 65.2 Å². The van der Waals surface area contributed by atoms with Crippen LogP contribution in [-0.4, -0.2) is 29.5 Å². The molecule has 11 heavy (non-hydrogen) atoms. The maximum atomic E-state index is 9.33. The summed E-state index contributed by atoms with van der Waals surface area (Å²) in [7, 11) is -2.88. The molecular weight excluding hydrogens is 198 g/mol. The summed E-state index contributed by atoms with van der Waals surface area (Å²) >= 11 is 0. The van der Waals surface area contributed by atoms with E-state index in [4.69, 9.17) is 9.79 Å². The van der Waals surface area contributed by atoms with Gasteiger partial charge in [-0.1, -0.05) is 0 Å². The summed E-state index contributed by atoms with van der Waals surface area (Å²) in [6.45, 7) is 0. The van der Waals surface area contributed by atoms with Crippen molar-refractivity contribution in [1.82, 2.24) is 0 Å². The molecule has 0 aromatic carbocycles. The van der Waals surface area contributed by atoms with Gasteiger partial charge in [-0.25, -0.2) is 0 Å². The molecule has 0 saturated heterocycles. The van der Waals surface area contributed by atoms with Gasteiger partial charge in [0, 0.05) is 14.2 Å². The van der Waals surface area contributed by atoms with Gasteiger partial charge in [0.25, 0.3) is 0 Å². The quantitative estimate of drug-likeness (QED) is 0.575. The van der Waals surface area contributed by atoms with Crippen molar-refractivity contribution in [3.63, 3.8) is 0 Å². The fraction of sp³-hybridized carbons (Fsp3) is 1.00. The third-order valence-electron chi connectivity index (χ3n) is 0.349. The Morgan fingerprint density at radius 2 is 1.09 bits per heavy atom. The summed E-state index contributed by atoms with van der Waals surface area (Å²) in [6, 6.07) is 0. The molecule has 4 N–H and O–H groups in total. The van der Waals surface area contributed by atoms with Crippen molar-refractivity contribution in [2.45, 2.75) is 0 Å². The van der Waals surface area contributed by atoms with Crippen LogP contribution in [0.25, 0.3) is 0 Å². The Bertz CT molecular complexity index is 99.0. The van der Waals surface area contributed by atoms with Gasteiger partial charge in [-0.15, -0.1) is 0 Å². The standard InChI is InChI=1S/2CH5O3P.H2O/c2*1-4-5(2)3;/h2*5H,1H3,(H,2,3);1H2. The lowest BCUT2D eigenvalue weighted by molar-refractivity contribution is 0.342. The highest BCUT2D eigenvalue weighted by Crippen LogP contribution is 2.09. The van der Waals surface area contributed by atoms with Crippen molar-refractivity contribution in [3.05, 3.63) is 0 Å². The van der Waals surface area contributed by atoms with E-state index >= 15 is 0 Å². The molecule has 0 aromatic heterocycles. The van der Waals surface area contributed by atoms with E-state index < -0.39 is 16.5 Å². The van der Waals surface area contributed by atoms with Gasteiger partial charge < -0.3 is 24.3 Å². The van der Waals surface area contributed by atoms with E-state index in [9.17, 15) is 9.13 Å². The molecule has 0 amide bonds. The van der Waals surface area contributed by atoms with Gasteiger partial charge in [-0.05, 0) is 0 Å². The SMILES string of the molecule is CO[PH](=O)O.CO[PH](=O)O.O. The largest absolute Gasteiger partial charge is 0.412 e. The molecule has 0 spiro atoms. The van der Waals surface area contributed by atoms with Crippen molar-refractivity contribution < 1.29 is 33.4 Å². The highest BCUT2D eigenvalue weighted by Gasteiger charge is 1.74. The second kappa shape index (κ2) is 12.9. The third-order valence-corrected chi connectivity index (χ3v) is 1.05. The van der Waals surface area contributed by atoms with Crippen molar-refractivity contribution in [3.8, 4) is 0 Å². The minimum Gasteiger partial charge on any atom is -0.412 e. The first-order valence-electron chi connectivity index (χ1n) is 2.08. The van der Waals surface area contributed by atoms with Gasteiger partial charge >= 0.3 is 16.5 Å². The molecule has 72 valence electrons. The van der Waals surface area contributed by atoms with Gasteiger partial charge in [0.1, 0.15) is 0 Å². The zero-order chi connectivity index (χ0) is 8.57. The highest BCUT2D eigenvalue weighted by molar-refractivity contribution is 7.32. The Balaban J connectivity index is -0.000000107. The summed E-state index contributed by atoms with van der Waals surface area (Å²) in [5.74, 6) is 0. The minimum absolute atomic E-state index is 0. The van der Waals surface area contributed by atoms with Crippen molar-refractivity contribution in [2.75, 3.05) is 14.2 Å². The molecule has 0 bridgehead atoms. The predicted molar refractivity (Wildman–Crippen MR) is 40.1 cm³/mol. The fourth-order valence-electron chi connectivity index (χ4n) is 0. The molecular formula is C2H12O7P2. The second-order valence-electron chi connectivity index (χ2n) is 0.940. The molecule has 0 aliphatic rings. The van der Waals surface area contributed by atoms with Gasteiger partial charge in [0.05, 0.1) is 0 Å². The predicted octanol–water partition coefficient (Wildman–Crippen LogP) is -0.795. The van der Waals surface area contributed by atoms with Crippen LogP contribution in [0.15, 0.2) is 0 Å². The van der Waals surface area contributed by atoms with Crippen LogP contribution in [0.3, 0.4) is 0 Å². The molecule has 2 unspecified atom stereocenters. The van der Waals surface area contributed by atoms with Crippen LogP contribution in [0.1, 0.15) is 0 Å². The van der Waals surface area contributed by atoms with Gasteiger partial charge in [-0.3, -0.25) is 9.13 Å². The molecule has 0 fully saturated rings. The van der Waals surface area contributed by atoms with Crippen LogP contribution < -0.4 is 0 Å². The highest BCUT2D eigenvalue weighted by atomic mass is 31.1. The maximum Gasteiger partial charge on any atom is 0.316 e. The molecule has 9 heteroatoms. The van der Waals surface area contributed by atoms with Crippen molar-refractivity contribution in [1.29, 1.82) is 0 Å². The molecule has 0 radical (unpaired) electrons. The van der Waals surface area contributed by atoms with Gasteiger partial charge in [0.15, 0.2) is 0 Å². The van der Waals surface area contributed by atoms with Crippen LogP contribution in [-0.2, 0) is 18.2 Å².